The van der Waals surface area contributed by atoms with Crippen molar-refractivity contribution in [1.82, 2.24) is 9.97 Å². The summed E-state index contributed by atoms with van der Waals surface area (Å²) in [5.74, 6) is 3.17. The van der Waals surface area contributed by atoms with Crippen LogP contribution < -0.4 is 25.4 Å². The first kappa shape index (κ1) is 21.5. The standard InChI is InChI=1S/C26H25N5O3/c27-23-16-19(6-11-24(23)31-12-14-32-15-13-31)30-25-17-26(29-18-28-25)34-22-9-7-21(8-10-22)33-20-4-2-1-3-5-20/h1-11,16-18H,12-15,27H2,(H,28,29,30). The van der Waals surface area contributed by atoms with Gasteiger partial charge in [-0.2, -0.15) is 0 Å². The van der Waals surface area contributed by atoms with Crippen molar-refractivity contribution in [3.63, 3.8) is 0 Å². The molecule has 0 saturated carbocycles. The molecule has 0 amide bonds. The van der Waals surface area contributed by atoms with Gasteiger partial charge in [0.2, 0.25) is 5.88 Å². The molecule has 8 nitrogen and oxygen atoms in total. The highest BCUT2D eigenvalue weighted by Crippen LogP contribution is 2.30. The first-order valence-corrected chi connectivity index (χ1v) is 11.0. The molecule has 8 heteroatoms. The average Bonchev–Trinajstić information content (AvgIpc) is 2.87. The summed E-state index contributed by atoms with van der Waals surface area (Å²) in [6.45, 7) is 3.10. The summed E-state index contributed by atoms with van der Waals surface area (Å²) in [7, 11) is 0. The zero-order valence-electron chi connectivity index (χ0n) is 18.6. The fraction of sp³-hybridized carbons (Fsp3) is 0.154. The SMILES string of the molecule is Nc1cc(Nc2cc(Oc3ccc(Oc4ccccc4)cc3)ncn2)ccc1N1CCOCC1. The minimum Gasteiger partial charge on any atom is -0.457 e. The number of para-hydroxylation sites is 1. The normalized spacial score (nSPS) is 13.4. The van der Waals surface area contributed by atoms with Crippen LogP contribution in [0.3, 0.4) is 0 Å². The van der Waals surface area contributed by atoms with E-state index in [0.29, 0.717) is 36.3 Å². The molecule has 0 unspecified atom stereocenters. The molecule has 1 saturated heterocycles. The molecule has 4 aromatic rings. The van der Waals surface area contributed by atoms with E-state index >= 15 is 0 Å². The van der Waals surface area contributed by atoms with Gasteiger partial charge in [0.25, 0.3) is 0 Å². The van der Waals surface area contributed by atoms with E-state index in [4.69, 9.17) is 19.9 Å². The lowest BCUT2D eigenvalue weighted by atomic mass is 10.2. The molecule has 1 aromatic heterocycles. The smallest absolute Gasteiger partial charge is 0.224 e. The van der Waals surface area contributed by atoms with Gasteiger partial charge in [0.15, 0.2) is 0 Å². The van der Waals surface area contributed by atoms with Crippen LogP contribution in [0.4, 0.5) is 22.9 Å². The summed E-state index contributed by atoms with van der Waals surface area (Å²) in [4.78, 5) is 10.7. The van der Waals surface area contributed by atoms with Crippen LogP contribution in [0.25, 0.3) is 0 Å². The van der Waals surface area contributed by atoms with E-state index in [0.717, 1.165) is 36.0 Å². The Balaban J connectivity index is 1.23. The van der Waals surface area contributed by atoms with Gasteiger partial charge < -0.3 is 30.2 Å². The summed E-state index contributed by atoms with van der Waals surface area (Å²) in [5.41, 5.74) is 8.86. The number of benzene rings is 3. The fourth-order valence-electron chi connectivity index (χ4n) is 3.66. The molecular weight excluding hydrogens is 430 g/mol. The number of nitrogens with zero attached hydrogens (tertiary/aromatic N) is 3. The molecule has 0 atom stereocenters. The number of ether oxygens (including phenoxy) is 3. The van der Waals surface area contributed by atoms with Crippen molar-refractivity contribution in [2.75, 3.05) is 42.3 Å². The Morgan fingerprint density at radius 3 is 2.24 bits per heavy atom. The number of nitrogens with two attached hydrogens (primary N) is 1. The van der Waals surface area contributed by atoms with Gasteiger partial charge in [-0.15, -0.1) is 0 Å². The van der Waals surface area contributed by atoms with Crippen molar-refractivity contribution in [3.05, 3.63) is 85.2 Å². The second kappa shape index (κ2) is 10.1. The Labute approximate surface area is 197 Å². The number of morpholine rings is 1. The van der Waals surface area contributed by atoms with Crippen molar-refractivity contribution in [3.8, 4) is 23.1 Å². The molecule has 1 aliphatic heterocycles. The number of anilines is 4. The highest BCUT2D eigenvalue weighted by Gasteiger charge is 2.14. The van der Waals surface area contributed by atoms with Crippen LogP contribution in [0.2, 0.25) is 0 Å². The van der Waals surface area contributed by atoms with Gasteiger partial charge >= 0.3 is 0 Å². The first-order valence-electron chi connectivity index (χ1n) is 11.0. The molecule has 3 N–H and O–H groups in total. The third-order valence-corrected chi connectivity index (χ3v) is 5.32. The van der Waals surface area contributed by atoms with Crippen LogP contribution in [-0.4, -0.2) is 36.3 Å². The monoisotopic (exact) mass is 455 g/mol. The lowest BCUT2D eigenvalue weighted by molar-refractivity contribution is 0.123. The Morgan fingerprint density at radius 2 is 1.50 bits per heavy atom. The van der Waals surface area contributed by atoms with Crippen molar-refractivity contribution >= 4 is 22.9 Å². The minimum absolute atomic E-state index is 0.423. The van der Waals surface area contributed by atoms with E-state index in [9.17, 15) is 0 Å². The van der Waals surface area contributed by atoms with E-state index < -0.39 is 0 Å². The molecule has 0 spiro atoms. The highest BCUT2D eigenvalue weighted by molar-refractivity contribution is 5.74. The van der Waals surface area contributed by atoms with E-state index in [-0.39, 0.29) is 0 Å². The van der Waals surface area contributed by atoms with Crippen LogP contribution >= 0.6 is 0 Å². The quantitative estimate of drug-likeness (QED) is 0.366. The van der Waals surface area contributed by atoms with Crippen molar-refractivity contribution < 1.29 is 14.2 Å². The number of aromatic nitrogens is 2. The zero-order chi connectivity index (χ0) is 23.2. The molecule has 0 radical (unpaired) electrons. The minimum atomic E-state index is 0.423. The lowest BCUT2D eigenvalue weighted by Crippen LogP contribution is -2.36. The second-order valence-corrected chi connectivity index (χ2v) is 7.73. The van der Waals surface area contributed by atoms with Crippen LogP contribution in [0.1, 0.15) is 0 Å². The van der Waals surface area contributed by atoms with Crippen LogP contribution in [0.5, 0.6) is 23.1 Å². The molecular formula is C26H25N5O3. The third-order valence-electron chi connectivity index (χ3n) is 5.32. The van der Waals surface area contributed by atoms with Gasteiger partial charge in [-0.3, -0.25) is 0 Å². The number of nitrogen functional groups attached to an aromatic ring is 1. The van der Waals surface area contributed by atoms with Crippen LogP contribution in [0, 0.1) is 0 Å². The van der Waals surface area contributed by atoms with Gasteiger partial charge in [0, 0.05) is 24.8 Å². The molecule has 1 fully saturated rings. The topological polar surface area (TPSA) is 94.8 Å². The summed E-state index contributed by atoms with van der Waals surface area (Å²) in [6, 6.07) is 24.6. The summed E-state index contributed by atoms with van der Waals surface area (Å²) >= 11 is 0. The van der Waals surface area contributed by atoms with Gasteiger partial charge in [-0.1, -0.05) is 18.2 Å². The van der Waals surface area contributed by atoms with Gasteiger partial charge in [-0.25, -0.2) is 9.97 Å². The summed E-state index contributed by atoms with van der Waals surface area (Å²) in [6.07, 6.45) is 1.45. The maximum atomic E-state index is 6.31. The fourth-order valence-corrected chi connectivity index (χ4v) is 3.66. The number of nitrogens with one attached hydrogen (secondary N) is 1. The Morgan fingerprint density at radius 1 is 0.794 bits per heavy atom. The third kappa shape index (κ3) is 5.36. The Bertz CT molecular complexity index is 1230. The molecule has 2 heterocycles. The predicted molar refractivity (Wildman–Crippen MR) is 132 cm³/mol. The van der Waals surface area contributed by atoms with Crippen LogP contribution in [0.15, 0.2) is 85.2 Å². The molecule has 34 heavy (non-hydrogen) atoms. The number of hydrogen-bond donors (Lipinski definition) is 2. The molecule has 0 aliphatic carbocycles. The molecule has 3 aromatic carbocycles. The van der Waals surface area contributed by atoms with Gasteiger partial charge in [0.05, 0.1) is 24.6 Å². The molecule has 0 bridgehead atoms. The highest BCUT2D eigenvalue weighted by atomic mass is 16.5. The predicted octanol–water partition coefficient (Wildman–Crippen LogP) is 5.22. The van der Waals surface area contributed by atoms with Crippen molar-refractivity contribution in [2.24, 2.45) is 0 Å². The Kier molecular flexibility index (Phi) is 6.40. The first-order chi connectivity index (χ1) is 16.7. The van der Waals surface area contributed by atoms with Crippen LogP contribution in [-0.2, 0) is 4.74 Å². The largest absolute Gasteiger partial charge is 0.457 e. The second-order valence-electron chi connectivity index (χ2n) is 7.73. The average molecular weight is 456 g/mol. The van der Waals surface area contributed by atoms with Crippen molar-refractivity contribution in [1.29, 1.82) is 0 Å². The van der Waals surface area contributed by atoms with E-state index in [1.54, 1.807) is 6.07 Å². The summed E-state index contributed by atoms with van der Waals surface area (Å²) in [5, 5.41) is 3.26. The molecule has 1 aliphatic rings. The maximum Gasteiger partial charge on any atom is 0.224 e. The van der Waals surface area contributed by atoms with E-state index in [1.807, 2.05) is 72.8 Å². The Hall–Kier alpha value is -4.30. The maximum absolute atomic E-state index is 6.31. The van der Waals surface area contributed by atoms with E-state index in [2.05, 4.69) is 20.2 Å². The number of rotatable bonds is 7. The lowest BCUT2D eigenvalue weighted by Gasteiger charge is -2.30. The van der Waals surface area contributed by atoms with Crippen molar-refractivity contribution in [2.45, 2.75) is 0 Å². The zero-order valence-corrected chi connectivity index (χ0v) is 18.6. The van der Waals surface area contributed by atoms with E-state index in [1.165, 1.54) is 6.33 Å². The molecule has 5 rings (SSSR count). The summed E-state index contributed by atoms with van der Waals surface area (Å²) < 4.78 is 17.1. The molecule has 172 valence electrons. The number of hydrogen-bond acceptors (Lipinski definition) is 8. The van der Waals surface area contributed by atoms with Gasteiger partial charge in [-0.05, 0) is 54.6 Å². The van der Waals surface area contributed by atoms with Gasteiger partial charge in [0.1, 0.15) is 29.4 Å².